The first-order valence-corrected chi connectivity index (χ1v) is 8.86. The second-order valence-corrected chi connectivity index (χ2v) is 6.41. The number of piperidine rings is 1. The van der Waals surface area contributed by atoms with E-state index in [-0.39, 0.29) is 12.5 Å². The SMILES string of the molecule is CCOc1ncccc1C(=O)NCC1(O)CCCN(c2ccccn2)C1. The summed E-state index contributed by atoms with van der Waals surface area (Å²) in [6.07, 6.45) is 4.78. The van der Waals surface area contributed by atoms with Crippen LogP contribution in [0.25, 0.3) is 0 Å². The Morgan fingerprint density at radius 2 is 2.15 bits per heavy atom. The van der Waals surface area contributed by atoms with Crippen LogP contribution >= 0.6 is 0 Å². The summed E-state index contributed by atoms with van der Waals surface area (Å²) in [6, 6.07) is 9.07. The number of hydrogen-bond donors (Lipinski definition) is 2. The van der Waals surface area contributed by atoms with Crippen LogP contribution < -0.4 is 15.0 Å². The van der Waals surface area contributed by atoms with Crippen molar-refractivity contribution < 1.29 is 14.6 Å². The van der Waals surface area contributed by atoms with Crippen molar-refractivity contribution in [1.29, 1.82) is 0 Å². The van der Waals surface area contributed by atoms with Gasteiger partial charge in [-0.25, -0.2) is 9.97 Å². The van der Waals surface area contributed by atoms with Gasteiger partial charge in [0.25, 0.3) is 5.91 Å². The number of β-amino-alcohol motifs (C(OH)–C–C–N with tert-alkyl or cyclic N) is 1. The van der Waals surface area contributed by atoms with E-state index < -0.39 is 5.60 Å². The summed E-state index contributed by atoms with van der Waals surface area (Å²) in [5, 5.41) is 13.8. The van der Waals surface area contributed by atoms with Crippen LogP contribution in [-0.4, -0.2) is 52.8 Å². The monoisotopic (exact) mass is 356 g/mol. The van der Waals surface area contributed by atoms with E-state index in [1.165, 1.54) is 0 Å². The molecular weight excluding hydrogens is 332 g/mol. The van der Waals surface area contributed by atoms with Gasteiger partial charge in [0.05, 0.1) is 12.2 Å². The molecule has 1 unspecified atom stereocenters. The van der Waals surface area contributed by atoms with Gasteiger partial charge in [0.1, 0.15) is 11.4 Å². The smallest absolute Gasteiger partial charge is 0.256 e. The van der Waals surface area contributed by atoms with Gasteiger partial charge < -0.3 is 20.1 Å². The maximum absolute atomic E-state index is 12.5. The lowest BCUT2D eigenvalue weighted by Gasteiger charge is -2.39. The van der Waals surface area contributed by atoms with Crippen LogP contribution in [0.3, 0.4) is 0 Å². The molecule has 1 saturated heterocycles. The molecule has 26 heavy (non-hydrogen) atoms. The minimum absolute atomic E-state index is 0.162. The van der Waals surface area contributed by atoms with Gasteiger partial charge in [0.15, 0.2) is 0 Å². The average Bonchev–Trinajstić information content (AvgIpc) is 2.68. The Morgan fingerprint density at radius 3 is 2.92 bits per heavy atom. The molecule has 0 radical (unpaired) electrons. The number of rotatable bonds is 6. The molecule has 0 aromatic carbocycles. The Balaban J connectivity index is 1.64. The minimum atomic E-state index is -1.00. The van der Waals surface area contributed by atoms with Gasteiger partial charge in [0.2, 0.25) is 5.88 Å². The summed E-state index contributed by atoms with van der Waals surface area (Å²) in [6.45, 7) is 3.70. The summed E-state index contributed by atoms with van der Waals surface area (Å²) >= 11 is 0. The topological polar surface area (TPSA) is 87.6 Å². The van der Waals surface area contributed by atoms with Gasteiger partial charge in [0, 0.05) is 32.0 Å². The number of nitrogens with one attached hydrogen (secondary N) is 1. The number of aromatic nitrogens is 2. The molecule has 1 atom stereocenters. The van der Waals surface area contributed by atoms with Crippen LogP contribution in [0, 0.1) is 0 Å². The Hall–Kier alpha value is -2.67. The van der Waals surface area contributed by atoms with Crippen LogP contribution in [0.4, 0.5) is 5.82 Å². The van der Waals surface area contributed by atoms with E-state index in [0.717, 1.165) is 18.8 Å². The molecule has 0 saturated carbocycles. The molecule has 0 spiro atoms. The van der Waals surface area contributed by atoms with Crippen molar-refractivity contribution >= 4 is 11.7 Å². The number of aliphatic hydroxyl groups is 1. The highest BCUT2D eigenvalue weighted by Gasteiger charge is 2.34. The summed E-state index contributed by atoms with van der Waals surface area (Å²) < 4.78 is 5.40. The average molecular weight is 356 g/mol. The van der Waals surface area contributed by atoms with Crippen molar-refractivity contribution in [3.8, 4) is 5.88 Å². The molecule has 138 valence electrons. The predicted molar refractivity (Wildman–Crippen MR) is 98.4 cm³/mol. The van der Waals surface area contributed by atoms with Crippen molar-refractivity contribution in [3.63, 3.8) is 0 Å². The first-order chi connectivity index (χ1) is 12.6. The zero-order chi connectivity index (χ0) is 18.4. The van der Waals surface area contributed by atoms with E-state index in [0.29, 0.717) is 31.0 Å². The van der Waals surface area contributed by atoms with Gasteiger partial charge in [-0.15, -0.1) is 0 Å². The quantitative estimate of drug-likeness (QED) is 0.818. The van der Waals surface area contributed by atoms with E-state index in [1.54, 1.807) is 24.5 Å². The zero-order valence-corrected chi connectivity index (χ0v) is 14.9. The highest BCUT2D eigenvalue weighted by Crippen LogP contribution is 2.24. The number of ether oxygens (including phenoxy) is 1. The Bertz CT molecular complexity index is 741. The largest absolute Gasteiger partial charge is 0.477 e. The number of hydrogen-bond acceptors (Lipinski definition) is 6. The van der Waals surface area contributed by atoms with E-state index >= 15 is 0 Å². The molecule has 7 nitrogen and oxygen atoms in total. The lowest BCUT2D eigenvalue weighted by molar-refractivity contribution is 0.0254. The Labute approximate surface area is 153 Å². The van der Waals surface area contributed by atoms with Gasteiger partial charge in [-0.3, -0.25) is 4.79 Å². The third-order valence-electron chi connectivity index (χ3n) is 4.40. The van der Waals surface area contributed by atoms with Gasteiger partial charge in [-0.1, -0.05) is 6.07 Å². The minimum Gasteiger partial charge on any atom is -0.477 e. The number of anilines is 1. The number of pyridine rings is 2. The lowest BCUT2D eigenvalue weighted by Crippen LogP contribution is -2.54. The van der Waals surface area contributed by atoms with Crippen LogP contribution in [-0.2, 0) is 0 Å². The maximum atomic E-state index is 12.5. The third-order valence-corrected chi connectivity index (χ3v) is 4.40. The van der Waals surface area contributed by atoms with Crippen LogP contribution in [0.5, 0.6) is 5.88 Å². The molecule has 1 aliphatic heterocycles. The van der Waals surface area contributed by atoms with Crippen LogP contribution in [0.1, 0.15) is 30.1 Å². The molecule has 3 heterocycles. The molecule has 0 bridgehead atoms. The Kier molecular flexibility index (Phi) is 5.68. The van der Waals surface area contributed by atoms with Crippen molar-refractivity contribution in [2.24, 2.45) is 0 Å². The van der Waals surface area contributed by atoms with Gasteiger partial charge >= 0.3 is 0 Å². The number of carbonyl (C=O) groups excluding carboxylic acids is 1. The molecule has 2 aromatic rings. The Morgan fingerprint density at radius 1 is 1.31 bits per heavy atom. The molecule has 1 amide bonds. The highest BCUT2D eigenvalue weighted by atomic mass is 16.5. The summed E-state index contributed by atoms with van der Waals surface area (Å²) in [5.74, 6) is 0.839. The normalized spacial score (nSPS) is 19.8. The van der Waals surface area contributed by atoms with E-state index in [9.17, 15) is 9.90 Å². The van der Waals surface area contributed by atoms with Gasteiger partial charge in [-0.05, 0) is 44.0 Å². The fourth-order valence-corrected chi connectivity index (χ4v) is 3.15. The van der Waals surface area contributed by atoms with E-state index in [4.69, 9.17) is 4.74 Å². The molecule has 2 N–H and O–H groups in total. The van der Waals surface area contributed by atoms with Crippen molar-refractivity contribution in [1.82, 2.24) is 15.3 Å². The molecule has 7 heteroatoms. The summed E-state index contributed by atoms with van der Waals surface area (Å²) in [5.41, 5.74) is -0.630. The zero-order valence-electron chi connectivity index (χ0n) is 14.9. The molecule has 1 fully saturated rings. The molecule has 3 rings (SSSR count). The number of nitrogens with zero attached hydrogens (tertiary/aromatic N) is 3. The molecular formula is C19H24N4O3. The third kappa shape index (κ3) is 4.29. The molecule has 1 aliphatic rings. The maximum Gasteiger partial charge on any atom is 0.256 e. The van der Waals surface area contributed by atoms with Crippen LogP contribution in [0.15, 0.2) is 42.7 Å². The van der Waals surface area contributed by atoms with E-state index in [2.05, 4.69) is 15.3 Å². The van der Waals surface area contributed by atoms with Crippen molar-refractivity contribution in [2.75, 3.05) is 31.1 Å². The van der Waals surface area contributed by atoms with Crippen molar-refractivity contribution in [2.45, 2.75) is 25.4 Å². The fourth-order valence-electron chi connectivity index (χ4n) is 3.15. The first-order valence-electron chi connectivity index (χ1n) is 8.86. The number of carbonyl (C=O) groups is 1. The standard InChI is InChI=1S/C19H24N4O3/c1-2-26-18-15(7-5-11-21-18)17(24)22-13-19(25)9-6-12-23(14-19)16-8-3-4-10-20-16/h3-5,7-8,10-11,25H,2,6,9,12-14H2,1H3,(H,22,24). The molecule has 2 aromatic heterocycles. The van der Waals surface area contributed by atoms with Crippen molar-refractivity contribution in [3.05, 3.63) is 48.3 Å². The number of amides is 1. The second-order valence-electron chi connectivity index (χ2n) is 6.41. The fraction of sp³-hybridized carbons (Fsp3) is 0.421. The van der Waals surface area contributed by atoms with Gasteiger partial charge in [-0.2, -0.15) is 0 Å². The summed E-state index contributed by atoms with van der Waals surface area (Å²) in [7, 11) is 0. The highest BCUT2D eigenvalue weighted by molar-refractivity contribution is 5.96. The van der Waals surface area contributed by atoms with Crippen LogP contribution in [0.2, 0.25) is 0 Å². The lowest BCUT2D eigenvalue weighted by atomic mass is 9.92. The predicted octanol–water partition coefficient (Wildman–Crippen LogP) is 1.64. The first kappa shape index (κ1) is 18.1. The molecule has 0 aliphatic carbocycles. The summed E-state index contributed by atoms with van der Waals surface area (Å²) in [4.78, 5) is 23.0. The second kappa shape index (κ2) is 8.14. The van der Waals surface area contributed by atoms with E-state index in [1.807, 2.05) is 30.0 Å².